The molecule has 0 fully saturated rings. The monoisotopic (exact) mass is 486 g/mol. The minimum Gasteiger partial charge on any atom is -0.373 e. The fourth-order valence-electron chi connectivity index (χ4n) is 2.89. The number of carbonyl (C=O) groups excluding carboxylic acids is 1. The minimum atomic E-state index is -3.04. The van der Waals surface area contributed by atoms with Gasteiger partial charge in [0.1, 0.15) is 5.69 Å². The SMILES string of the molecule is CCCO[Si](CCCCN(C(N)=O)c1c(F)c(F)c(F)c(F)c1F)(OCCC)OCCC. The van der Waals surface area contributed by atoms with Gasteiger partial charge in [-0.3, -0.25) is 4.90 Å². The molecule has 0 spiro atoms. The number of benzene rings is 1. The highest BCUT2D eigenvalue weighted by Gasteiger charge is 2.40. The highest BCUT2D eigenvalue weighted by Crippen LogP contribution is 2.31. The van der Waals surface area contributed by atoms with Crippen molar-refractivity contribution in [1.29, 1.82) is 0 Å². The van der Waals surface area contributed by atoms with Gasteiger partial charge in [-0.05, 0) is 32.1 Å². The number of carbonyl (C=O) groups is 1. The molecular weight excluding hydrogens is 455 g/mol. The first-order chi connectivity index (χ1) is 15.2. The molecule has 2 N–H and O–H groups in total. The van der Waals surface area contributed by atoms with Gasteiger partial charge >= 0.3 is 14.8 Å². The number of anilines is 1. The van der Waals surface area contributed by atoms with E-state index < -0.39 is 49.6 Å². The Morgan fingerprint density at radius 3 is 1.56 bits per heavy atom. The zero-order valence-electron chi connectivity index (χ0n) is 18.6. The topological polar surface area (TPSA) is 74.0 Å². The van der Waals surface area contributed by atoms with Crippen LogP contribution in [0.25, 0.3) is 0 Å². The summed E-state index contributed by atoms with van der Waals surface area (Å²) in [6.07, 6.45) is 2.72. The molecule has 1 aromatic rings. The van der Waals surface area contributed by atoms with Crippen LogP contribution >= 0.6 is 0 Å². The van der Waals surface area contributed by atoms with Crippen molar-refractivity contribution in [1.82, 2.24) is 0 Å². The van der Waals surface area contributed by atoms with Crippen molar-refractivity contribution in [3.63, 3.8) is 0 Å². The van der Waals surface area contributed by atoms with Crippen LogP contribution in [0.2, 0.25) is 6.04 Å². The predicted molar refractivity (Wildman–Crippen MR) is 112 cm³/mol. The molecule has 12 heteroatoms. The van der Waals surface area contributed by atoms with E-state index in [-0.39, 0.29) is 13.0 Å². The number of amides is 2. The number of halogens is 5. The van der Waals surface area contributed by atoms with Crippen LogP contribution in [0.5, 0.6) is 0 Å². The van der Waals surface area contributed by atoms with E-state index in [4.69, 9.17) is 19.0 Å². The summed E-state index contributed by atoms with van der Waals surface area (Å²) >= 11 is 0. The van der Waals surface area contributed by atoms with Gasteiger partial charge < -0.3 is 19.0 Å². The van der Waals surface area contributed by atoms with Crippen molar-refractivity contribution in [2.24, 2.45) is 5.73 Å². The van der Waals surface area contributed by atoms with E-state index in [9.17, 15) is 26.7 Å². The molecule has 0 heterocycles. The molecule has 0 radical (unpaired) electrons. The van der Waals surface area contributed by atoms with Gasteiger partial charge in [0.05, 0.1) is 0 Å². The quantitative estimate of drug-likeness (QED) is 0.121. The predicted octanol–water partition coefficient (Wildman–Crippen LogP) is 5.27. The molecule has 0 atom stereocenters. The number of rotatable bonds is 15. The smallest absolute Gasteiger partial charge is 0.373 e. The molecule has 0 saturated heterocycles. The third kappa shape index (κ3) is 7.39. The maximum absolute atomic E-state index is 14.1. The van der Waals surface area contributed by atoms with Crippen LogP contribution in [-0.4, -0.2) is 41.2 Å². The molecule has 0 bridgehead atoms. The summed E-state index contributed by atoms with van der Waals surface area (Å²) in [6.45, 7) is 6.73. The Morgan fingerprint density at radius 2 is 1.19 bits per heavy atom. The average molecular weight is 487 g/mol. The largest absolute Gasteiger partial charge is 0.500 e. The van der Waals surface area contributed by atoms with Crippen molar-refractivity contribution in [3.05, 3.63) is 29.1 Å². The fourth-order valence-corrected chi connectivity index (χ4v) is 5.80. The summed E-state index contributed by atoms with van der Waals surface area (Å²) in [5.74, 6) is -10.8. The van der Waals surface area contributed by atoms with E-state index in [1.165, 1.54) is 0 Å². The van der Waals surface area contributed by atoms with Crippen LogP contribution in [0.1, 0.15) is 52.9 Å². The summed E-state index contributed by atoms with van der Waals surface area (Å²) in [5.41, 5.74) is 3.79. The molecule has 0 saturated carbocycles. The van der Waals surface area contributed by atoms with Crippen LogP contribution < -0.4 is 10.6 Å². The van der Waals surface area contributed by atoms with Gasteiger partial charge in [-0.2, -0.15) is 0 Å². The minimum absolute atomic E-state index is 0.137. The third-order valence-corrected chi connectivity index (χ3v) is 7.31. The van der Waals surface area contributed by atoms with Gasteiger partial charge in [0, 0.05) is 32.4 Å². The number of hydrogen-bond acceptors (Lipinski definition) is 4. The molecule has 0 aliphatic heterocycles. The molecule has 2 amide bonds. The molecule has 0 aliphatic rings. The average Bonchev–Trinajstić information content (AvgIpc) is 2.78. The van der Waals surface area contributed by atoms with Crippen LogP contribution in [0.4, 0.5) is 32.4 Å². The summed E-state index contributed by atoms with van der Waals surface area (Å²) in [6, 6.07) is -0.986. The standard InChI is InChI=1S/C20H31F5N2O4Si/c1-4-10-29-32(30-11-5-2,31-12-6-3)13-8-7-9-27(20(26)28)19-17(24)15(22)14(21)16(23)18(19)25/h4-13H2,1-3H3,(H2,26,28). The lowest BCUT2D eigenvalue weighted by Gasteiger charge is -2.30. The molecule has 6 nitrogen and oxygen atoms in total. The number of urea groups is 1. The number of primary amides is 1. The van der Waals surface area contributed by atoms with Gasteiger partial charge in [-0.25, -0.2) is 26.7 Å². The van der Waals surface area contributed by atoms with Crippen LogP contribution in [0, 0.1) is 29.1 Å². The van der Waals surface area contributed by atoms with Crippen molar-refractivity contribution >= 4 is 20.5 Å². The molecule has 32 heavy (non-hydrogen) atoms. The normalized spacial score (nSPS) is 11.8. The Labute approximate surface area is 186 Å². The molecule has 0 aromatic heterocycles. The molecular formula is C20H31F5N2O4Si. The van der Waals surface area contributed by atoms with Gasteiger partial charge in [0.2, 0.25) is 5.82 Å². The molecule has 1 rings (SSSR count). The number of unbranched alkanes of at least 4 members (excludes halogenated alkanes) is 1. The Balaban J connectivity index is 2.98. The van der Waals surface area contributed by atoms with Gasteiger partial charge in [0.15, 0.2) is 23.3 Å². The molecule has 1 aromatic carbocycles. The second-order valence-electron chi connectivity index (χ2n) is 7.09. The Morgan fingerprint density at radius 1 is 0.781 bits per heavy atom. The highest BCUT2D eigenvalue weighted by atomic mass is 28.4. The molecule has 184 valence electrons. The van der Waals surface area contributed by atoms with Crippen molar-refractivity contribution in [2.45, 2.75) is 58.9 Å². The summed E-state index contributed by atoms with van der Waals surface area (Å²) in [5, 5.41) is 0. The first-order valence-corrected chi connectivity index (χ1v) is 12.6. The van der Waals surface area contributed by atoms with E-state index in [2.05, 4.69) is 0 Å². The Kier molecular flexibility index (Phi) is 12.1. The lowest BCUT2D eigenvalue weighted by Crippen LogP contribution is -2.46. The Bertz CT molecular complexity index is 706. The van der Waals surface area contributed by atoms with Crippen molar-refractivity contribution in [2.75, 3.05) is 31.3 Å². The molecule has 0 aliphatic carbocycles. The Hall–Kier alpha value is -1.76. The van der Waals surface area contributed by atoms with Gasteiger partial charge in [-0.15, -0.1) is 0 Å². The number of hydrogen-bond donors (Lipinski definition) is 1. The maximum Gasteiger partial charge on any atom is 0.500 e. The third-order valence-electron chi connectivity index (χ3n) is 4.42. The second kappa shape index (κ2) is 13.7. The van der Waals surface area contributed by atoms with E-state index in [0.717, 1.165) is 19.3 Å². The van der Waals surface area contributed by atoms with Gasteiger partial charge in [-0.1, -0.05) is 20.8 Å². The first kappa shape index (κ1) is 28.3. The lowest BCUT2D eigenvalue weighted by atomic mass is 10.2. The lowest BCUT2D eigenvalue weighted by molar-refractivity contribution is 0.0587. The zero-order valence-corrected chi connectivity index (χ0v) is 19.6. The van der Waals surface area contributed by atoms with E-state index >= 15 is 0 Å². The highest BCUT2D eigenvalue weighted by molar-refractivity contribution is 6.60. The van der Waals surface area contributed by atoms with Crippen molar-refractivity contribution < 1.29 is 40.0 Å². The van der Waals surface area contributed by atoms with E-state index in [0.29, 0.717) is 37.2 Å². The fraction of sp³-hybridized carbons (Fsp3) is 0.650. The maximum atomic E-state index is 14.1. The first-order valence-electron chi connectivity index (χ1n) is 10.7. The zero-order chi connectivity index (χ0) is 24.3. The second-order valence-corrected chi connectivity index (χ2v) is 9.83. The summed E-state index contributed by atoms with van der Waals surface area (Å²) in [4.78, 5) is 12.1. The van der Waals surface area contributed by atoms with Crippen LogP contribution in [0.15, 0.2) is 0 Å². The summed E-state index contributed by atoms with van der Waals surface area (Å²) < 4.78 is 86.4. The number of nitrogens with two attached hydrogens (primary N) is 1. The van der Waals surface area contributed by atoms with Crippen molar-refractivity contribution in [3.8, 4) is 0 Å². The van der Waals surface area contributed by atoms with E-state index in [1.807, 2.05) is 20.8 Å². The summed E-state index contributed by atoms with van der Waals surface area (Å²) in [7, 11) is -3.04. The van der Waals surface area contributed by atoms with Gasteiger partial charge in [0.25, 0.3) is 0 Å². The number of nitrogens with zero attached hydrogens (tertiary/aromatic N) is 1. The van der Waals surface area contributed by atoms with Crippen LogP contribution in [0.3, 0.4) is 0 Å². The van der Waals surface area contributed by atoms with Crippen LogP contribution in [-0.2, 0) is 13.3 Å². The van der Waals surface area contributed by atoms with E-state index in [1.54, 1.807) is 0 Å². The molecule has 0 unspecified atom stereocenters.